The van der Waals surface area contributed by atoms with Gasteiger partial charge in [0.15, 0.2) is 4.80 Å². The molecule has 1 unspecified atom stereocenters. The molecule has 3 aromatic carbocycles. The summed E-state index contributed by atoms with van der Waals surface area (Å²) >= 11 is 1.11. The van der Waals surface area contributed by atoms with Gasteiger partial charge >= 0.3 is 5.97 Å². The quantitative estimate of drug-likeness (QED) is 0.164. The Morgan fingerprint density at radius 3 is 2.49 bits per heavy atom. The van der Waals surface area contributed by atoms with E-state index in [2.05, 4.69) is 4.99 Å². The summed E-state index contributed by atoms with van der Waals surface area (Å²) in [6.07, 6.45) is 2.35. The lowest BCUT2D eigenvalue weighted by Crippen LogP contribution is -2.39. The average molecular weight is 570 g/mol. The summed E-state index contributed by atoms with van der Waals surface area (Å²) in [5.74, 6) is 0.0905. The molecule has 0 saturated heterocycles. The van der Waals surface area contributed by atoms with Gasteiger partial charge in [0, 0.05) is 6.07 Å². The molecule has 0 spiro atoms. The zero-order valence-electron chi connectivity index (χ0n) is 22.5. The smallest absolute Gasteiger partial charge is 0.338 e. The Morgan fingerprint density at radius 2 is 1.78 bits per heavy atom. The number of nitro groups is 1. The standard InChI is InChI=1S/C31H27N3O6S/c1-3-17-39-24-15-13-22(14-16-24)28-27(30(36)40-19-21-9-5-4-6-10-21)20(2)32-31-33(28)29(35)26(41-31)18-23-11-7-8-12-25(23)34(37)38/h4-16,18,28H,3,17,19H2,1-2H3. The van der Waals surface area contributed by atoms with E-state index >= 15 is 0 Å². The Bertz CT molecular complexity index is 1810. The molecule has 1 aromatic heterocycles. The van der Waals surface area contributed by atoms with Crippen LogP contribution in [0.25, 0.3) is 6.08 Å². The highest BCUT2D eigenvalue weighted by Crippen LogP contribution is 2.32. The molecule has 10 heteroatoms. The molecule has 0 N–H and O–H groups in total. The number of carbonyl (C=O) groups excluding carboxylic acids is 1. The van der Waals surface area contributed by atoms with Gasteiger partial charge in [-0.1, -0.05) is 72.9 Å². The van der Waals surface area contributed by atoms with Crippen molar-refractivity contribution < 1.29 is 19.2 Å². The number of esters is 1. The first-order valence-corrected chi connectivity index (χ1v) is 13.9. The van der Waals surface area contributed by atoms with Crippen molar-refractivity contribution >= 4 is 29.1 Å². The van der Waals surface area contributed by atoms with Crippen molar-refractivity contribution in [2.75, 3.05) is 6.61 Å². The summed E-state index contributed by atoms with van der Waals surface area (Å²) in [5, 5.41) is 11.6. The SMILES string of the molecule is CCCOc1ccc(C2C(C(=O)OCc3ccccc3)=C(C)N=c3sc(=Cc4ccccc4[N+](=O)[O-])c(=O)n32)cc1. The van der Waals surface area contributed by atoms with E-state index in [0.717, 1.165) is 23.3 Å². The first-order valence-electron chi connectivity index (χ1n) is 13.1. The lowest BCUT2D eigenvalue weighted by Gasteiger charge is -2.25. The highest BCUT2D eigenvalue weighted by atomic mass is 32.1. The summed E-state index contributed by atoms with van der Waals surface area (Å²) in [6.45, 7) is 4.36. The minimum absolute atomic E-state index is 0.0645. The second-order valence-electron chi connectivity index (χ2n) is 9.38. The van der Waals surface area contributed by atoms with Crippen molar-refractivity contribution in [2.24, 2.45) is 4.99 Å². The lowest BCUT2D eigenvalue weighted by molar-refractivity contribution is -0.385. The van der Waals surface area contributed by atoms with Crippen molar-refractivity contribution in [1.29, 1.82) is 0 Å². The number of rotatable bonds is 9. The van der Waals surface area contributed by atoms with Crippen LogP contribution in [0.4, 0.5) is 5.69 Å². The molecule has 0 radical (unpaired) electrons. The van der Waals surface area contributed by atoms with Crippen LogP contribution >= 0.6 is 11.3 Å². The van der Waals surface area contributed by atoms with Crippen molar-refractivity contribution in [2.45, 2.75) is 32.9 Å². The predicted molar refractivity (Wildman–Crippen MR) is 155 cm³/mol. The summed E-state index contributed by atoms with van der Waals surface area (Å²) in [5.41, 5.74) is 1.95. The number of ether oxygens (including phenoxy) is 2. The number of hydrogen-bond donors (Lipinski definition) is 0. The van der Waals surface area contributed by atoms with E-state index in [4.69, 9.17) is 9.47 Å². The summed E-state index contributed by atoms with van der Waals surface area (Å²) in [7, 11) is 0. The molecular formula is C31H27N3O6S. The second kappa shape index (κ2) is 12.1. The fourth-order valence-electron chi connectivity index (χ4n) is 4.58. The summed E-state index contributed by atoms with van der Waals surface area (Å²) in [6, 6.07) is 22.0. The number of allylic oxidation sites excluding steroid dienone is 1. The van der Waals surface area contributed by atoms with Crippen LogP contribution in [-0.2, 0) is 16.1 Å². The topological polar surface area (TPSA) is 113 Å². The molecule has 0 bridgehead atoms. The third-order valence-electron chi connectivity index (χ3n) is 6.54. The molecule has 0 saturated carbocycles. The van der Waals surface area contributed by atoms with Crippen LogP contribution in [0, 0.1) is 10.1 Å². The average Bonchev–Trinajstić information content (AvgIpc) is 3.29. The summed E-state index contributed by atoms with van der Waals surface area (Å²) < 4.78 is 13.1. The van der Waals surface area contributed by atoms with E-state index in [1.165, 1.54) is 16.7 Å². The zero-order chi connectivity index (χ0) is 28.9. The molecule has 1 aliphatic rings. The van der Waals surface area contributed by atoms with Crippen LogP contribution in [0.15, 0.2) is 99.9 Å². The van der Waals surface area contributed by atoms with Gasteiger partial charge in [-0.2, -0.15) is 0 Å². The monoisotopic (exact) mass is 569 g/mol. The fraction of sp³-hybridized carbons (Fsp3) is 0.194. The molecule has 1 aliphatic heterocycles. The molecule has 1 atom stereocenters. The van der Waals surface area contributed by atoms with Crippen LogP contribution in [-0.4, -0.2) is 22.1 Å². The van der Waals surface area contributed by atoms with Crippen LogP contribution < -0.4 is 19.6 Å². The molecule has 0 aliphatic carbocycles. The normalized spacial score (nSPS) is 14.8. The van der Waals surface area contributed by atoms with Crippen LogP contribution in [0.5, 0.6) is 5.75 Å². The van der Waals surface area contributed by atoms with Crippen molar-refractivity contribution in [1.82, 2.24) is 4.57 Å². The number of thiazole rings is 1. The van der Waals surface area contributed by atoms with Gasteiger partial charge in [-0.15, -0.1) is 0 Å². The molecule has 0 amide bonds. The van der Waals surface area contributed by atoms with Gasteiger partial charge in [-0.3, -0.25) is 19.5 Å². The highest BCUT2D eigenvalue weighted by Gasteiger charge is 2.33. The number of benzene rings is 3. The van der Waals surface area contributed by atoms with E-state index in [1.54, 1.807) is 37.3 Å². The zero-order valence-corrected chi connectivity index (χ0v) is 23.3. The molecule has 0 fully saturated rings. The first kappa shape index (κ1) is 27.7. The lowest BCUT2D eigenvalue weighted by atomic mass is 9.96. The number of nitro benzene ring substituents is 1. The predicted octanol–water partition coefficient (Wildman–Crippen LogP) is 4.68. The second-order valence-corrected chi connectivity index (χ2v) is 10.4. The number of fused-ring (bicyclic) bond motifs is 1. The Balaban J connectivity index is 1.61. The number of aromatic nitrogens is 1. The number of nitrogens with zero attached hydrogens (tertiary/aromatic N) is 3. The minimum Gasteiger partial charge on any atom is -0.494 e. The maximum atomic E-state index is 13.9. The van der Waals surface area contributed by atoms with Crippen molar-refractivity contribution in [3.8, 4) is 5.75 Å². The van der Waals surface area contributed by atoms with Crippen molar-refractivity contribution in [3.63, 3.8) is 0 Å². The van der Waals surface area contributed by atoms with Crippen LogP contribution in [0.1, 0.15) is 43.0 Å². The van der Waals surface area contributed by atoms with Gasteiger partial charge in [0.1, 0.15) is 12.4 Å². The molecule has 41 heavy (non-hydrogen) atoms. The Hall–Kier alpha value is -4.83. The Labute approximate surface area is 239 Å². The molecular weight excluding hydrogens is 542 g/mol. The fourth-order valence-corrected chi connectivity index (χ4v) is 5.62. The van der Waals surface area contributed by atoms with E-state index in [0.29, 0.717) is 34.0 Å². The van der Waals surface area contributed by atoms with Gasteiger partial charge in [0.05, 0.1) is 38.9 Å². The van der Waals surface area contributed by atoms with E-state index in [-0.39, 0.29) is 22.4 Å². The van der Waals surface area contributed by atoms with Gasteiger partial charge in [-0.25, -0.2) is 9.79 Å². The van der Waals surface area contributed by atoms with Crippen LogP contribution in [0.2, 0.25) is 0 Å². The van der Waals surface area contributed by atoms with Gasteiger partial charge in [0.25, 0.3) is 11.2 Å². The van der Waals surface area contributed by atoms with Gasteiger partial charge in [-0.05, 0) is 48.7 Å². The molecule has 2 heterocycles. The van der Waals surface area contributed by atoms with E-state index in [1.807, 2.05) is 49.4 Å². The van der Waals surface area contributed by atoms with Crippen molar-refractivity contribution in [3.05, 3.63) is 137 Å². The Morgan fingerprint density at radius 1 is 1.07 bits per heavy atom. The first-order chi connectivity index (χ1) is 19.9. The number of para-hydroxylation sites is 1. The Kier molecular flexibility index (Phi) is 8.21. The molecule has 208 valence electrons. The van der Waals surface area contributed by atoms with Gasteiger partial charge in [0.2, 0.25) is 0 Å². The van der Waals surface area contributed by atoms with E-state index in [9.17, 15) is 19.7 Å². The molecule has 5 rings (SSSR count). The van der Waals surface area contributed by atoms with E-state index < -0.39 is 22.5 Å². The summed E-state index contributed by atoms with van der Waals surface area (Å²) in [4.78, 5) is 43.5. The third-order valence-corrected chi connectivity index (χ3v) is 7.53. The number of carbonyl (C=O) groups is 1. The minimum atomic E-state index is -0.817. The highest BCUT2D eigenvalue weighted by molar-refractivity contribution is 7.07. The number of hydrogen-bond acceptors (Lipinski definition) is 8. The maximum Gasteiger partial charge on any atom is 0.338 e. The van der Waals surface area contributed by atoms with Crippen LogP contribution in [0.3, 0.4) is 0 Å². The maximum absolute atomic E-state index is 13.9. The molecule has 4 aromatic rings. The van der Waals surface area contributed by atoms with Gasteiger partial charge < -0.3 is 9.47 Å². The molecule has 9 nitrogen and oxygen atoms in total. The third kappa shape index (κ3) is 5.87. The largest absolute Gasteiger partial charge is 0.494 e.